The van der Waals surface area contributed by atoms with Gasteiger partial charge in [-0.1, -0.05) is 0 Å². The molecule has 0 atom stereocenters. The van der Waals surface area contributed by atoms with Gasteiger partial charge >= 0.3 is 5.97 Å². The van der Waals surface area contributed by atoms with E-state index >= 15 is 0 Å². The number of nitrogen functional groups attached to an aromatic ring is 1. The summed E-state index contributed by atoms with van der Waals surface area (Å²) in [4.78, 5) is 14.0. The molecule has 0 bridgehead atoms. The average Bonchev–Trinajstić information content (AvgIpc) is 2.52. The molecule has 6 nitrogen and oxygen atoms in total. The Bertz CT molecular complexity index is 499. The van der Waals surface area contributed by atoms with Crippen molar-refractivity contribution in [3.8, 4) is 0 Å². The molecule has 2 rings (SSSR count). The minimum atomic E-state index is -0.362. The van der Waals surface area contributed by atoms with Crippen LogP contribution in [0.4, 0.5) is 11.4 Å². The molecular formula is C15H23N3O3. The van der Waals surface area contributed by atoms with Gasteiger partial charge in [-0.2, -0.15) is 0 Å². The summed E-state index contributed by atoms with van der Waals surface area (Å²) >= 11 is 0. The molecule has 1 heterocycles. The molecule has 0 spiro atoms. The van der Waals surface area contributed by atoms with E-state index in [1.807, 2.05) is 13.0 Å². The molecule has 1 saturated heterocycles. The number of morpholine rings is 1. The van der Waals surface area contributed by atoms with Crippen LogP contribution in [0.2, 0.25) is 0 Å². The molecule has 0 aliphatic carbocycles. The number of rotatable bonds is 5. The molecule has 3 N–H and O–H groups in total. The molecule has 1 fully saturated rings. The highest BCUT2D eigenvalue weighted by Gasteiger charge is 2.14. The third kappa shape index (κ3) is 3.86. The number of nitrogens with zero attached hydrogens (tertiary/aromatic N) is 1. The van der Waals surface area contributed by atoms with E-state index in [0.717, 1.165) is 50.6 Å². The first-order chi connectivity index (χ1) is 10.1. The van der Waals surface area contributed by atoms with Crippen LogP contribution in [0.1, 0.15) is 15.9 Å². The van der Waals surface area contributed by atoms with Gasteiger partial charge in [0.05, 0.1) is 37.3 Å². The van der Waals surface area contributed by atoms with Crippen molar-refractivity contribution in [1.29, 1.82) is 0 Å². The van der Waals surface area contributed by atoms with Gasteiger partial charge in [-0.3, -0.25) is 4.90 Å². The molecule has 1 aromatic carbocycles. The summed E-state index contributed by atoms with van der Waals surface area (Å²) in [6.45, 7) is 7.12. The van der Waals surface area contributed by atoms with Gasteiger partial charge in [0.15, 0.2) is 0 Å². The van der Waals surface area contributed by atoms with Crippen molar-refractivity contribution in [2.45, 2.75) is 6.92 Å². The van der Waals surface area contributed by atoms with Gasteiger partial charge in [-0.25, -0.2) is 4.79 Å². The fourth-order valence-corrected chi connectivity index (χ4v) is 2.39. The number of ether oxygens (including phenoxy) is 2. The van der Waals surface area contributed by atoms with Crippen LogP contribution in [0, 0.1) is 6.92 Å². The number of carbonyl (C=O) groups excluding carboxylic acids is 1. The van der Waals surface area contributed by atoms with Crippen LogP contribution in [-0.4, -0.2) is 57.4 Å². The van der Waals surface area contributed by atoms with Gasteiger partial charge in [-0.15, -0.1) is 0 Å². The maximum absolute atomic E-state index is 11.6. The van der Waals surface area contributed by atoms with Crippen LogP contribution in [0.25, 0.3) is 0 Å². The van der Waals surface area contributed by atoms with Gasteiger partial charge in [0.25, 0.3) is 0 Å². The van der Waals surface area contributed by atoms with Crippen LogP contribution in [0.3, 0.4) is 0 Å². The lowest BCUT2D eigenvalue weighted by Crippen LogP contribution is -2.39. The van der Waals surface area contributed by atoms with E-state index in [1.54, 1.807) is 6.07 Å². The Labute approximate surface area is 125 Å². The highest BCUT2D eigenvalue weighted by molar-refractivity contribution is 5.94. The number of carbonyl (C=O) groups is 1. The highest BCUT2D eigenvalue weighted by atomic mass is 16.5. The lowest BCUT2D eigenvalue weighted by molar-refractivity contribution is 0.0398. The van der Waals surface area contributed by atoms with Crippen LogP contribution in [0.15, 0.2) is 12.1 Å². The Hall–Kier alpha value is -1.79. The van der Waals surface area contributed by atoms with Crippen LogP contribution < -0.4 is 11.1 Å². The normalized spacial score (nSPS) is 15.7. The average molecular weight is 293 g/mol. The first kappa shape index (κ1) is 15.6. The second-order valence-electron chi connectivity index (χ2n) is 5.07. The van der Waals surface area contributed by atoms with Crippen molar-refractivity contribution < 1.29 is 14.3 Å². The molecule has 116 valence electrons. The summed E-state index contributed by atoms with van der Waals surface area (Å²) in [5.41, 5.74) is 8.80. The summed E-state index contributed by atoms with van der Waals surface area (Å²) in [7, 11) is 1.37. The number of hydrogen-bond donors (Lipinski definition) is 2. The number of methoxy groups -OCH3 is 1. The topological polar surface area (TPSA) is 76.8 Å². The van der Waals surface area contributed by atoms with Gasteiger partial charge < -0.3 is 20.5 Å². The fraction of sp³-hybridized carbons (Fsp3) is 0.533. The van der Waals surface area contributed by atoms with Gasteiger partial charge in [0.2, 0.25) is 0 Å². The number of esters is 1. The summed E-state index contributed by atoms with van der Waals surface area (Å²) in [5, 5.41) is 3.33. The molecule has 0 radical (unpaired) electrons. The Kier molecular flexibility index (Phi) is 5.41. The van der Waals surface area contributed by atoms with E-state index in [2.05, 4.69) is 10.2 Å². The van der Waals surface area contributed by atoms with Gasteiger partial charge in [0, 0.05) is 26.2 Å². The van der Waals surface area contributed by atoms with Crippen LogP contribution in [0.5, 0.6) is 0 Å². The van der Waals surface area contributed by atoms with Crippen molar-refractivity contribution in [3.05, 3.63) is 23.3 Å². The summed E-state index contributed by atoms with van der Waals surface area (Å²) in [6.07, 6.45) is 0. The molecule has 0 unspecified atom stereocenters. The monoisotopic (exact) mass is 293 g/mol. The first-order valence-corrected chi connectivity index (χ1v) is 7.15. The molecule has 1 aliphatic heterocycles. The van der Waals surface area contributed by atoms with Crippen LogP contribution >= 0.6 is 0 Å². The lowest BCUT2D eigenvalue weighted by atomic mass is 10.1. The largest absolute Gasteiger partial charge is 0.465 e. The number of hydrogen-bond acceptors (Lipinski definition) is 6. The molecule has 0 aromatic heterocycles. The number of nitrogens with two attached hydrogens (primary N) is 1. The Morgan fingerprint density at radius 2 is 2.14 bits per heavy atom. The number of anilines is 2. The molecular weight excluding hydrogens is 270 g/mol. The minimum Gasteiger partial charge on any atom is -0.465 e. The minimum absolute atomic E-state index is 0.362. The summed E-state index contributed by atoms with van der Waals surface area (Å²) in [6, 6.07) is 3.57. The second kappa shape index (κ2) is 7.28. The number of benzene rings is 1. The third-order valence-corrected chi connectivity index (χ3v) is 3.77. The predicted octanol–water partition coefficient (Wildman–Crippen LogP) is 1.11. The molecule has 1 aromatic rings. The Morgan fingerprint density at radius 3 is 2.81 bits per heavy atom. The summed E-state index contributed by atoms with van der Waals surface area (Å²) < 4.78 is 10.1. The van der Waals surface area contributed by atoms with E-state index in [0.29, 0.717) is 11.3 Å². The van der Waals surface area contributed by atoms with Crippen molar-refractivity contribution in [2.75, 3.05) is 57.6 Å². The first-order valence-electron chi connectivity index (χ1n) is 7.15. The van der Waals surface area contributed by atoms with E-state index < -0.39 is 0 Å². The third-order valence-electron chi connectivity index (χ3n) is 3.77. The quantitative estimate of drug-likeness (QED) is 0.625. The van der Waals surface area contributed by atoms with E-state index in [9.17, 15) is 4.79 Å². The van der Waals surface area contributed by atoms with Crippen molar-refractivity contribution >= 4 is 17.3 Å². The Balaban J connectivity index is 1.94. The molecule has 1 aliphatic rings. The smallest absolute Gasteiger partial charge is 0.338 e. The molecule has 0 amide bonds. The second-order valence-corrected chi connectivity index (χ2v) is 5.07. The Morgan fingerprint density at radius 1 is 1.43 bits per heavy atom. The van der Waals surface area contributed by atoms with Crippen LogP contribution in [-0.2, 0) is 9.47 Å². The molecule has 0 saturated carbocycles. The predicted molar refractivity (Wildman–Crippen MR) is 82.7 cm³/mol. The standard InChI is InChI=1S/C15H23N3O3/c1-11-12(15(19)20-2)3-4-13(14(11)16)17-5-6-18-7-9-21-10-8-18/h3-4,17H,5-10,16H2,1-2H3. The summed E-state index contributed by atoms with van der Waals surface area (Å²) in [5.74, 6) is -0.362. The lowest BCUT2D eigenvalue weighted by Gasteiger charge is -2.26. The molecule has 21 heavy (non-hydrogen) atoms. The van der Waals surface area contributed by atoms with E-state index in [4.69, 9.17) is 15.2 Å². The molecule has 6 heteroatoms. The fourth-order valence-electron chi connectivity index (χ4n) is 2.39. The van der Waals surface area contributed by atoms with Crippen molar-refractivity contribution in [3.63, 3.8) is 0 Å². The van der Waals surface area contributed by atoms with Crippen molar-refractivity contribution in [1.82, 2.24) is 4.90 Å². The van der Waals surface area contributed by atoms with E-state index in [1.165, 1.54) is 7.11 Å². The van der Waals surface area contributed by atoms with Gasteiger partial charge in [0.1, 0.15) is 0 Å². The number of nitrogens with one attached hydrogen (secondary N) is 1. The maximum Gasteiger partial charge on any atom is 0.338 e. The zero-order chi connectivity index (χ0) is 15.2. The van der Waals surface area contributed by atoms with Gasteiger partial charge in [-0.05, 0) is 24.6 Å². The SMILES string of the molecule is COC(=O)c1ccc(NCCN2CCOCC2)c(N)c1C. The van der Waals surface area contributed by atoms with Crippen molar-refractivity contribution in [2.24, 2.45) is 0 Å². The highest BCUT2D eigenvalue weighted by Crippen LogP contribution is 2.25. The zero-order valence-corrected chi connectivity index (χ0v) is 12.6. The zero-order valence-electron chi connectivity index (χ0n) is 12.6. The maximum atomic E-state index is 11.6. The van der Waals surface area contributed by atoms with E-state index in [-0.39, 0.29) is 5.97 Å².